The number of benzene rings is 10. The second-order valence-corrected chi connectivity index (χ2v) is 19.1. The van der Waals surface area contributed by atoms with Crippen LogP contribution in [0.25, 0.3) is 32.7 Å². The maximum absolute atomic E-state index is 12.9. The maximum atomic E-state index is 12.9. The summed E-state index contributed by atoms with van der Waals surface area (Å²) in [5.74, 6) is 0.0899. The summed E-state index contributed by atoms with van der Waals surface area (Å²) in [5, 5.41) is 29.3. The van der Waals surface area contributed by atoms with Crippen LogP contribution >= 0.6 is 0 Å². The van der Waals surface area contributed by atoms with Crippen LogP contribution in [0.4, 0.5) is 0 Å². The van der Waals surface area contributed by atoms with E-state index in [1.807, 2.05) is 73.1 Å². The van der Waals surface area contributed by atoms with Crippen LogP contribution in [-0.4, -0.2) is 32.4 Å². The summed E-state index contributed by atoms with van der Waals surface area (Å²) in [4.78, 5) is 16.0. The largest absolute Gasteiger partial charge is 0.507 e. The van der Waals surface area contributed by atoms with E-state index in [1.165, 1.54) is 33.4 Å². The number of rotatable bonds is 13. The Hall–Kier alpha value is -8.42. The van der Waals surface area contributed by atoms with Gasteiger partial charge in [-0.05, 0) is 78.2 Å². The number of aliphatic imine (C=N–C) groups is 2. The smallest absolute Gasteiger partial charge is 0.132 e. The number of nitrogens with zero attached hydrogens (tertiary/aromatic N) is 4. The van der Waals surface area contributed by atoms with E-state index in [0.717, 1.165) is 58.9 Å². The van der Waals surface area contributed by atoms with Crippen molar-refractivity contribution in [3.63, 3.8) is 0 Å². The van der Waals surface area contributed by atoms with Gasteiger partial charge in [-0.3, -0.25) is 19.8 Å². The van der Waals surface area contributed by atoms with Crippen LogP contribution < -0.4 is 0 Å². The van der Waals surface area contributed by atoms with Gasteiger partial charge in [-0.2, -0.15) is 0 Å². The van der Waals surface area contributed by atoms with Gasteiger partial charge in [-0.15, -0.1) is 0 Å². The Morgan fingerprint density at radius 3 is 0.986 bits per heavy atom. The van der Waals surface area contributed by atoms with Crippen molar-refractivity contribution in [3.05, 3.63) is 286 Å². The van der Waals surface area contributed by atoms with Gasteiger partial charge in [0.1, 0.15) is 11.5 Å². The first-order valence-electron chi connectivity index (χ1n) is 24.9. The first-order chi connectivity index (χ1) is 35.6. The maximum Gasteiger partial charge on any atom is 0.132 e. The number of fused-ring (bicyclic) bond motifs is 4. The number of hydrogen-bond acceptors (Lipinski definition) is 6. The number of hydrogen-bond donors (Lipinski definition) is 2. The van der Waals surface area contributed by atoms with Crippen molar-refractivity contribution in [3.8, 4) is 22.6 Å². The molecule has 0 bridgehead atoms. The quantitative estimate of drug-likeness (QED) is 0.113. The highest BCUT2D eigenvalue weighted by atomic mass is 16.3. The molecule has 0 fully saturated rings. The Kier molecular flexibility index (Phi) is 12.3. The first-order valence-corrected chi connectivity index (χ1v) is 24.9. The van der Waals surface area contributed by atoms with Gasteiger partial charge in [0, 0.05) is 60.9 Å². The molecule has 0 unspecified atom stereocenters. The highest BCUT2D eigenvalue weighted by molar-refractivity contribution is 6.14. The van der Waals surface area contributed by atoms with Crippen LogP contribution in [0.1, 0.15) is 79.8 Å². The zero-order chi connectivity index (χ0) is 48.4. The van der Waals surface area contributed by atoms with Crippen molar-refractivity contribution in [2.75, 3.05) is 0 Å². The third-order valence-corrected chi connectivity index (χ3v) is 14.8. The number of aromatic hydroxyl groups is 2. The topological polar surface area (TPSA) is 71.7 Å². The third kappa shape index (κ3) is 8.66. The Morgan fingerprint density at radius 1 is 0.347 bits per heavy atom. The summed E-state index contributed by atoms with van der Waals surface area (Å²) >= 11 is 0. The molecule has 10 aromatic rings. The molecule has 2 aliphatic heterocycles. The predicted octanol–water partition coefficient (Wildman–Crippen LogP) is 14.9. The lowest BCUT2D eigenvalue weighted by Gasteiger charge is -2.33. The Bertz CT molecular complexity index is 3310. The molecule has 350 valence electrons. The third-order valence-electron chi connectivity index (χ3n) is 14.8. The summed E-state index contributed by atoms with van der Waals surface area (Å²) in [6.45, 7) is 3.21. The molecule has 2 aliphatic rings. The van der Waals surface area contributed by atoms with Crippen LogP contribution in [0.5, 0.6) is 11.5 Å². The molecule has 4 atom stereocenters. The van der Waals surface area contributed by atoms with Crippen molar-refractivity contribution in [2.24, 2.45) is 9.98 Å². The number of phenolic OH excluding ortho intramolecular Hbond substituents is 2. The molecule has 0 aliphatic carbocycles. The fraction of sp³-hybridized carbons (Fsp3) is 0.121. The van der Waals surface area contributed by atoms with Crippen LogP contribution in [0.2, 0.25) is 0 Å². The van der Waals surface area contributed by atoms with E-state index in [4.69, 9.17) is 9.98 Å². The molecule has 0 saturated heterocycles. The summed E-state index contributed by atoms with van der Waals surface area (Å²) in [6, 6.07) is 79.0. The van der Waals surface area contributed by atoms with Crippen LogP contribution in [0, 0.1) is 0 Å². The molecular formula is C66H54N4O2. The lowest BCUT2D eigenvalue weighted by molar-refractivity contribution is 0.174. The molecule has 6 heteroatoms. The molecule has 72 heavy (non-hydrogen) atoms. The van der Waals surface area contributed by atoms with Gasteiger partial charge in [0.2, 0.25) is 0 Å². The Labute approximate surface area is 421 Å². The number of phenols is 2. The average Bonchev–Trinajstić information content (AvgIpc) is 4.07. The van der Waals surface area contributed by atoms with Crippen LogP contribution in [0.15, 0.2) is 241 Å². The highest BCUT2D eigenvalue weighted by Crippen LogP contribution is 2.49. The second kappa shape index (κ2) is 19.8. The van der Waals surface area contributed by atoms with Crippen molar-refractivity contribution in [2.45, 2.75) is 50.3 Å². The summed E-state index contributed by atoms with van der Waals surface area (Å²) < 4.78 is 0. The predicted molar refractivity (Wildman–Crippen MR) is 294 cm³/mol. The minimum Gasteiger partial charge on any atom is -0.507 e. The molecule has 12 rings (SSSR count). The second-order valence-electron chi connectivity index (χ2n) is 19.1. The molecule has 10 aromatic carbocycles. The van der Waals surface area contributed by atoms with Crippen LogP contribution in [0.3, 0.4) is 0 Å². The molecule has 2 heterocycles. The van der Waals surface area contributed by atoms with Gasteiger partial charge in [0.05, 0.1) is 24.2 Å². The van der Waals surface area contributed by atoms with Gasteiger partial charge in [0.15, 0.2) is 0 Å². The van der Waals surface area contributed by atoms with Crippen molar-refractivity contribution >= 4 is 34.0 Å². The highest BCUT2D eigenvalue weighted by Gasteiger charge is 2.35. The van der Waals surface area contributed by atoms with Gasteiger partial charge >= 0.3 is 0 Å². The van der Waals surface area contributed by atoms with E-state index in [0.29, 0.717) is 22.3 Å². The van der Waals surface area contributed by atoms with Crippen molar-refractivity contribution in [1.29, 1.82) is 0 Å². The molecule has 6 nitrogen and oxygen atoms in total. The minimum absolute atomic E-state index is 0.0449. The Morgan fingerprint density at radius 2 is 0.639 bits per heavy atom. The van der Waals surface area contributed by atoms with Gasteiger partial charge in [-0.1, -0.05) is 218 Å². The minimum atomic E-state index is -0.321. The van der Waals surface area contributed by atoms with Gasteiger partial charge in [-0.25, -0.2) is 0 Å². The van der Waals surface area contributed by atoms with Gasteiger partial charge < -0.3 is 10.2 Å². The summed E-state index contributed by atoms with van der Waals surface area (Å²) in [7, 11) is 0. The van der Waals surface area contributed by atoms with E-state index in [-0.39, 0.29) is 35.7 Å². The summed E-state index contributed by atoms with van der Waals surface area (Å²) in [5.41, 5.74) is 12.0. The van der Waals surface area contributed by atoms with E-state index >= 15 is 0 Å². The lowest BCUT2D eigenvalue weighted by Crippen LogP contribution is -2.28. The van der Waals surface area contributed by atoms with E-state index in [9.17, 15) is 10.2 Å². The van der Waals surface area contributed by atoms with E-state index in [1.54, 1.807) is 0 Å². The van der Waals surface area contributed by atoms with Crippen molar-refractivity contribution in [1.82, 2.24) is 9.80 Å². The van der Waals surface area contributed by atoms with E-state index < -0.39 is 0 Å². The molecule has 0 saturated carbocycles. The molecule has 2 N–H and O–H groups in total. The van der Waals surface area contributed by atoms with Gasteiger partial charge in [0.25, 0.3) is 0 Å². The molecular weight excluding hydrogens is 881 g/mol. The average molecular weight is 935 g/mol. The molecule has 0 spiro atoms. The zero-order valence-electron chi connectivity index (χ0n) is 39.9. The normalized spacial score (nSPS) is 15.5. The van der Waals surface area contributed by atoms with Crippen LogP contribution in [-0.2, 0) is 26.2 Å². The fourth-order valence-electron chi connectivity index (χ4n) is 11.3. The van der Waals surface area contributed by atoms with E-state index in [2.05, 4.69) is 180 Å². The summed E-state index contributed by atoms with van der Waals surface area (Å²) in [6.07, 6.45) is 3.69. The molecule has 0 radical (unpaired) electrons. The monoisotopic (exact) mass is 934 g/mol. The Balaban J connectivity index is 0.993. The van der Waals surface area contributed by atoms with Crippen molar-refractivity contribution < 1.29 is 10.2 Å². The zero-order valence-corrected chi connectivity index (χ0v) is 39.9. The SMILES string of the molecule is Oc1c(C=N[C@@H](c2ccccc2)[C@H](c2ccccc2)N2Cc3ccccc3C2)cc2ccccc2c1-c1c(O)c(C=N[C@@H](c2ccccc2)[C@H](c2ccccc2)N2Cc3ccccc3C2)cc2ccccc12. The first kappa shape index (κ1) is 44.8. The standard InChI is InChI=1S/C66H54N4O2/c71-65-55(39-67-61(45-21-5-1-6-22-45)63(47-25-9-3-10-26-47)69-41-51-31-13-14-32-52(51)42-69)37-49-29-17-19-35-57(49)59(65)60-58-36-20-18-30-50(58)38-56(66(60)72)40-68-62(46-23-7-2-8-24-46)64(48-27-11-4-12-28-48)70-43-53-33-15-16-34-54(53)44-70/h1-40,61-64,71-72H,41-44H2/t61-,62-,63-,64-/m0/s1. The molecule has 0 aromatic heterocycles. The molecule has 0 amide bonds. The lowest BCUT2D eigenvalue weighted by atomic mass is 9.88. The fourth-order valence-corrected chi connectivity index (χ4v) is 11.3.